The summed E-state index contributed by atoms with van der Waals surface area (Å²) in [6.07, 6.45) is 13.9. The maximum atomic E-state index is 9.68. The van der Waals surface area contributed by atoms with Crippen LogP contribution in [0.2, 0.25) is 0 Å². The molecule has 4 aliphatic rings. The summed E-state index contributed by atoms with van der Waals surface area (Å²) in [5.74, 6) is 1.81. The number of piperidine rings is 1. The molecular formula is C30H35N9O. The SMILES string of the molecule is CN(C)Cc1cc(C#N)cc(OC2CCN([C@H]3C[C@](CC#N)(n4cc(C5N=CN=C6NC=CC65)cn4)C3)CC2)c1. The molecule has 1 aromatic heterocycles. The number of likely N-dealkylation sites (tertiary alicyclic amines) is 1. The van der Waals surface area contributed by atoms with Crippen molar-refractivity contribution in [3.8, 4) is 17.9 Å². The van der Waals surface area contributed by atoms with Gasteiger partial charge in [-0.3, -0.25) is 14.6 Å². The third-order valence-electron chi connectivity index (χ3n) is 8.57. The number of ether oxygens (including phenoxy) is 1. The van der Waals surface area contributed by atoms with Crippen LogP contribution in [-0.2, 0) is 12.1 Å². The summed E-state index contributed by atoms with van der Waals surface area (Å²) in [5, 5.41) is 27.1. The minimum absolute atomic E-state index is 0.0469. The molecule has 1 aliphatic carbocycles. The largest absolute Gasteiger partial charge is 0.490 e. The first-order valence-electron chi connectivity index (χ1n) is 14.0. The zero-order chi connectivity index (χ0) is 27.7. The molecule has 40 heavy (non-hydrogen) atoms. The Morgan fingerprint density at radius 2 is 2.00 bits per heavy atom. The van der Waals surface area contributed by atoms with Crippen molar-refractivity contribution in [2.24, 2.45) is 15.9 Å². The highest BCUT2D eigenvalue weighted by atomic mass is 16.5. The molecule has 1 aromatic carbocycles. The van der Waals surface area contributed by atoms with Gasteiger partial charge in [0.2, 0.25) is 0 Å². The molecule has 1 saturated carbocycles. The van der Waals surface area contributed by atoms with E-state index in [2.05, 4.69) is 55.6 Å². The molecule has 1 saturated heterocycles. The lowest BCUT2D eigenvalue weighted by Gasteiger charge is -2.52. The molecule has 10 nitrogen and oxygen atoms in total. The third-order valence-corrected chi connectivity index (χ3v) is 8.57. The van der Waals surface area contributed by atoms with Crippen LogP contribution in [0.15, 0.2) is 52.9 Å². The van der Waals surface area contributed by atoms with Crippen LogP contribution in [0.25, 0.3) is 0 Å². The standard InChI is InChI=1S/C30H35N9O/c1-37(2)18-22-11-21(16-32)12-26(13-22)40-25-4-9-38(10-5-25)24-14-30(15-24,6-7-31)39-19-23(17-36-39)28-27-3-8-33-29(27)35-20-34-28/h3,8,11-13,17,19-20,24-25,27-28H,4-6,9-10,14-15,18H2,1-2H3,(H,33,34,35)/t24-,27?,28?,30-. The Morgan fingerprint density at radius 3 is 2.75 bits per heavy atom. The van der Waals surface area contributed by atoms with Crippen molar-refractivity contribution in [1.29, 1.82) is 10.5 Å². The van der Waals surface area contributed by atoms with Crippen LogP contribution in [0.5, 0.6) is 5.75 Å². The fourth-order valence-corrected chi connectivity index (χ4v) is 6.54. The zero-order valence-electron chi connectivity index (χ0n) is 23.1. The Hall–Kier alpha value is -3.99. The number of aromatic nitrogens is 2. The van der Waals surface area contributed by atoms with Crippen molar-refractivity contribution >= 4 is 12.2 Å². The molecule has 3 aliphatic heterocycles. The molecule has 4 heterocycles. The van der Waals surface area contributed by atoms with Gasteiger partial charge in [0, 0.05) is 37.4 Å². The fraction of sp³-hybridized carbons (Fsp3) is 0.500. The summed E-state index contributed by atoms with van der Waals surface area (Å²) in [4.78, 5) is 13.6. The number of nitrogens with one attached hydrogen (secondary N) is 1. The summed E-state index contributed by atoms with van der Waals surface area (Å²) >= 11 is 0. The van der Waals surface area contributed by atoms with E-state index in [0.717, 1.165) is 68.0 Å². The van der Waals surface area contributed by atoms with Gasteiger partial charge in [-0.2, -0.15) is 15.6 Å². The van der Waals surface area contributed by atoms with Crippen molar-refractivity contribution in [2.75, 3.05) is 27.2 Å². The van der Waals surface area contributed by atoms with Gasteiger partial charge in [0.15, 0.2) is 0 Å². The molecule has 6 rings (SSSR count). The number of benzene rings is 1. The van der Waals surface area contributed by atoms with E-state index >= 15 is 0 Å². The number of amidine groups is 1. The number of hydrogen-bond donors (Lipinski definition) is 1. The summed E-state index contributed by atoms with van der Waals surface area (Å²) in [6.45, 7) is 2.70. The van der Waals surface area contributed by atoms with Crippen LogP contribution in [0, 0.1) is 28.6 Å². The highest BCUT2D eigenvalue weighted by Gasteiger charge is 2.49. The van der Waals surface area contributed by atoms with Crippen molar-refractivity contribution in [1.82, 2.24) is 24.9 Å². The minimum Gasteiger partial charge on any atom is -0.490 e. The first kappa shape index (κ1) is 26.2. The molecule has 2 atom stereocenters. The van der Waals surface area contributed by atoms with E-state index in [9.17, 15) is 10.5 Å². The summed E-state index contributed by atoms with van der Waals surface area (Å²) in [7, 11) is 4.04. The number of hydrogen-bond acceptors (Lipinski definition) is 9. The average molecular weight is 538 g/mol. The van der Waals surface area contributed by atoms with E-state index in [1.54, 1.807) is 6.34 Å². The third kappa shape index (κ3) is 5.13. The Bertz CT molecular complexity index is 1410. The van der Waals surface area contributed by atoms with E-state index in [4.69, 9.17) is 9.84 Å². The van der Waals surface area contributed by atoms with Gasteiger partial charge < -0.3 is 15.0 Å². The predicted octanol–water partition coefficient (Wildman–Crippen LogP) is 3.35. The number of nitrogens with zero attached hydrogens (tertiary/aromatic N) is 8. The molecule has 0 amide bonds. The fourth-order valence-electron chi connectivity index (χ4n) is 6.54. The van der Waals surface area contributed by atoms with Crippen LogP contribution < -0.4 is 10.1 Å². The van der Waals surface area contributed by atoms with Gasteiger partial charge in [-0.15, -0.1) is 0 Å². The van der Waals surface area contributed by atoms with Crippen LogP contribution in [0.4, 0.5) is 0 Å². The van der Waals surface area contributed by atoms with Crippen LogP contribution in [0.3, 0.4) is 0 Å². The summed E-state index contributed by atoms with van der Waals surface area (Å²) < 4.78 is 8.38. The second kappa shape index (κ2) is 10.9. The molecular weight excluding hydrogens is 502 g/mol. The highest BCUT2D eigenvalue weighted by molar-refractivity contribution is 5.96. The van der Waals surface area contributed by atoms with E-state index in [1.807, 2.05) is 43.3 Å². The lowest BCUT2D eigenvalue weighted by Crippen LogP contribution is -2.58. The summed E-state index contributed by atoms with van der Waals surface area (Å²) in [5.41, 5.74) is 2.50. The predicted molar refractivity (Wildman–Crippen MR) is 152 cm³/mol. The monoisotopic (exact) mass is 537 g/mol. The maximum absolute atomic E-state index is 9.68. The molecule has 0 radical (unpaired) electrons. The molecule has 2 aromatic rings. The van der Waals surface area contributed by atoms with E-state index in [1.165, 1.54) is 0 Å². The van der Waals surface area contributed by atoms with Gasteiger partial charge in [-0.25, -0.2) is 4.99 Å². The molecule has 1 N–H and O–H groups in total. The van der Waals surface area contributed by atoms with Crippen molar-refractivity contribution in [3.05, 3.63) is 59.6 Å². The van der Waals surface area contributed by atoms with Gasteiger partial charge in [-0.05, 0) is 69.7 Å². The van der Waals surface area contributed by atoms with Crippen LogP contribution >= 0.6 is 0 Å². The lowest BCUT2D eigenvalue weighted by atomic mass is 9.69. The number of nitriles is 2. The van der Waals surface area contributed by atoms with E-state index in [-0.39, 0.29) is 23.6 Å². The molecule has 2 fully saturated rings. The van der Waals surface area contributed by atoms with Gasteiger partial charge in [0.25, 0.3) is 0 Å². The van der Waals surface area contributed by atoms with Gasteiger partial charge in [-0.1, -0.05) is 6.08 Å². The topological polar surface area (TPSA) is 118 Å². The van der Waals surface area contributed by atoms with Gasteiger partial charge in [0.05, 0.1) is 47.8 Å². The van der Waals surface area contributed by atoms with Crippen LogP contribution in [-0.4, -0.2) is 71.1 Å². The Morgan fingerprint density at radius 1 is 1.18 bits per heavy atom. The second-order valence-corrected chi connectivity index (χ2v) is 11.7. The first-order chi connectivity index (χ1) is 19.5. The minimum atomic E-state index is -0.273. The first-order valence-corrected chi connectivity index (χ1v) is 14.0. The highest BCUT2D eigenvalue weighted by Crippen LogP contribution is 2.46. The van der Waals surface area contributed by atoms with Crippen molar-refractivity contribution < 1.29 is 4.74 Å². The van der Waals surface area contributed by atoms with Crippen molar-refractivity contribution in [3.63, 3.8) is 0 Å². The molecule has 206 valence electrons. The smallest absolute Gasteiger partial charge is 0.121 e. The second-order valence-electron chi connectivity index (χ2n) is 11.7. The summed E-state index contributed by atoms with van der Waals surface area (Å²) in [6, 6.07) is 10.9. The molecule has 10 heteroatoms. The van der Waals surface area contributed by atoms with E-state index < -0.39 is 0 Å². The molecule has 2 unspecified atom stereocenters. The molecule has 0 bridgehead atoms. The van der Waals surface area contributed by atoms with Gasteiger partial charge in [0.1, 0.15) is 24.0 Å². The Labute approximate surface area is 235 Å². The average Bonchev–Trinajstić information content (AvgIpc) is 3.61. The normalized spacial score (nSPS) is 27.8. The number of aliphatic imine (C=N–C) groups is 2. The van der Waals surface area contributed by atoms with Crippen LogP contribution in [0.1, 0.15) is 54.8 Å². The van der Waals surface area contributed by atoms with Gasteiger partial charge >= 0.3 is 0 Å². The lowest BCUT2D eigenvalue weighted by molar-refractivity contribution is -0.0208. The molecule has 0 spiro atoms. The number of fused-ring (bicyclic) bond motifs is 1. The maximum Gasteiger partial charge on any atom is 0.121 e. The van der Waals surface area contributed by atoms with E-state index in [0.29, 0.717) is 18.0 Å². The Balaban J connectivity index is 1.06. The van der Waals surface area contributed by atoms with Crippen molar-refractivity contribution in [2.45, 2.75) is 62.4 Å². The number of rotatable bonds is 8. The Kier molecular flexibility index (Phi) is 7.14. The zero-order valence-corrected chi connectivity index (χ0v) is 23.1. The quantitative estimate of drug-likeness (QED) is 0.549.